The van der Waals surface area contributed by atoms with Gasteiger partial charge in [0.15, 0.2) is 0 Å². The molecule has 3 aromatic rings. The molecule has 1 aromatic heterocycles. The van der Waals surface area contributed by atoms with Gasteiger partial charge < -0.3 is 10.6 Å². The molecule has 7 nitrogen and oxygen atoms in total. The largest absolute Gasteiger partial charge is 0.350 e. The molecule has 0 atom stereocenters. The smallest absolute Gasteiger partial charge is 0.293 e. The van der Waals surface area contributed by atoms with Crippen molar-refractivity contribution in [2.75, 3.05) is 10.6 Å². The Labute approximate surface area is 167 Å². The van der Waals surface area contributed by atoms with Gasteiger partial charge in [0.25, 0.3) is 5.69 Å². The third-order valence-corrected chi connectivity index (χ3v) is 4.21. The molecule has 0 bridgehead atoms. The fraction of sp³-hybridized carbons (Fsp3) is 0.0526. The average molecular weight is 445 g/mol. The van der Waals surface area contributed by atoms with Gasteiger partial charge in [-0.15, -0.1) is 0 Å². The first-order valence-electron chi connectivity index (χ1n) is 8.08. The minimum atomic E-state index is -0.525. The van der Waals surface area contributed by atoms with Crippen LogP contribution in [0, 0.1) is 15.9 Å². The summed E-state index contributed by atoms with van der Waals surface area (Å²) in [6.45, 7) is 1.35. The molecule has 1 amide bonds. The molecule has 9 heteroatoms. The Kier molecular flexibility index (Phi) is 5.65. The van der Waals surface area contributed by atoms with Gasteiger partial charge in [0.05, 0.1) is 4.92 Å². The van der Waals surface area contributed by atoms with E-state index in [1.807, 2.05) is 0 Å². The highest BCUT2D eigenvalue weighted by Crippen LogP contribution is 2.33. The third-order valence-electron chi connectivity index (χ3n) is 3.72. The number of benzene rings is 2. The first kappa shape index (κ1) is 19.4. The Morgan fingerprint density at radius 1 is 1.18 bits per heavy atom. The van der Waals surface area contributed by atoms with Crippen molar-refractivity contribution in [3.8, 4) is 11.3 Å². The fourth-order valence-corrected chi connectivity index (χ4v) is 2.98. The topological polar surface area (TPSA) is 97.2 Å². The summed E-state index contributed by atoms with van der Waals surface area (Å²) in [5, 5.41) is 16.9. The van der Waals surface area contributed by atoms with Gasteiger partial charge in [-0.25, -0.2) is 4.39 Å². The van der Waals surface area contributed by atoms with Crippen LogP contribution < -0.4 is 10.6 Å². The van der Waals surface area contributed by atoms with Gasteiger partial charge >= 0.3 is 0 Å². The highest BCUT2D eigenvalue weighted by Gasteiger charge is 2.16. The van der Waals surface area contributed by atoms with Crippen LogP contribution in [0.25, 0.3) is 11.3 Å². The van der Waals surface area contributed by atoms with Crippen LogP contribution >= 0.6 is 15.9 Å². The van der Waals surface area contributed by atoms with Crippen LogP contribution in [0.3, 0.4) is 0 Å². The third kappa shape index (κ3) is 4.49. The molecule has 0 unspecified atom stereocenters. The highest BCUT2D eigenvalue weighted by atomic mass is 79.9. The van der Waals surface area contributed by atoms with Crippen LogP contribution in [0.1, 0.15) is 6.92 Å². The molecule has 2 N–H and O–H groups in total. The molecule has 0 fully saturated rings. The number of nitrogens with one attached hydrogen (secondary N) is 2. The number of pyridine rings is 1. The maximum Gasteiger partial charge on any atom is 0.293 e. The maximum absolute atomic E-state index is 14.2. The Morgan fingerprint density at radius 2 is 1.93 bits per heavy atom. The second kappa shape index (κ2) is 8.13. The van der Waals surface area contributed by atoms with E-state index in [0.717, 1.165) is 0 Å². The minimum Gasteiger partial charge on any atom is -0.350 e. The molecule has 3 rings (SSSR count). The number of aromatic nitrogens is 1. The van der Waals surface area contributed by atoms with Crippen molar-refractivity contribution < 1.29 is 14.1 Å². The number of hydrogen-bond acceptors (Lipinski definition) is 5. The van der Waals surface area contributed by atoms with Gasteiger partial charge in [-0.05, 0) is 42.5 Å². The van der Waals surface area contributed by atoms with E-state index in [4.69, 9.17) is 0 Å². The number of nitrogens with zero attached hydrogens (tertiary/aromatic N) is 2. The zero-order valence-electron chi connectivity index (χ0n) is 14.6. The molecule has 0 spiro atoms. The van der Waals surface area contributed by atoms with Crippen LogP contribution in [0.4, 0.5) is 27.1 Å². The van der Waals surface area contributed by atoms with Crippen molar-refractivity contribution in [2.24, 2.45) is 0 Å². The van der Waals surface area contributed by atoms with Gasteiger partial charge in [0.2, 0.25) is 5.91 Å². The molecule has 2 aromatic carbocycles. The van der Waals surface area contributed by atoms with Crippen molar-refractivity contribution in [3.05, 3.63) is 75.1 Å². The summed E-state index contributed by atoms with van der Waals surface area (Å²) in [6.07, 6.45) is 1.45. The molecule has 28 heavy (non-hydrogen) atoms. The van der Waals surface area contributed by atoms with Crippen molar-refractivity contribution in [1.29, 1.82) is 0 Å². The SMILES string of the molecule is CC(=O)Nc1cc(Nc2ccc(Br)cc2[N+](=O)[O-])cc(-c2ncccc2F)c1. The monoisotopic (exact) mass is 444 g/mol. The van der Waals surface area contributed by atoms with Crippen LogP contribution in [-0.2, 0) is 4.79 Å². The van der Waals surface area contributed by atoms with Gasteiger partial charge in [-0.2, -0.15) is 0 Å². The number of nitro benzene ring substituents is 1. The van der Waals surface area contributed by atoms with Crippen molar-refractivity contribution in [3.63, 3.8) is 0 Å². The fourth-order valence-electron chi connectivity index (χ4n) is 2.63. The molecular formula is C19H14BrFN4O3. The predicted molar refractivity (Wildman–Crippen MR) is 108 cm³/mol. The van der Waals surface area contributed by atoms with E-state index in [-0.39, 0.29) is 23.0 Å². The lowest BCUT2D eigenvalue weighted by Crippen LogP contribution is -2.06. The summed E-state index contributed by atoms with van der Waals surface area (Å²) in [4.78, 5) is 26.3. The number of rotatable bonds is 5. The second-order valence-electron chi connectivity index (χ2n) is 5.86. The zero-order valence-corrected chi connectivity index (χ0v) is 16.2. The van der Waals surface area contributed by atoms with E-state index in [1.165, 1.54) is 31.3 Å². The Morgan fingerprint density at radius 3 is 2.61 bits per heavy atom. The van der Waals surface area contributed by atoms with Crippen LogP contribution in [-0.4, -0.2) is 15.8 Å². The van der Waals surface area contributed by atoms with Crippen molar-refractivity contribution in [2.45, 2.75) is 6.92 Å². The molecule has 0 saturated heterocycles. The minimum absolute atomic E-state index is 0.100. The summed E-state index contributed by atoms with van der Waals surface area (Å²) < 4.78 is 14.7. The average Bonchev–Trinajstić information content (AvgIpc) is 2.62. The van der Waals surface area contributed by atoms with E-state index in [0.29, 0.717) is 21.4 Å². The first-order valence-corrected chi connectivity index (χ1v) is 8.87. The van der Waals surface area contributed by atoms with E-state index < -0.39 is 10.7 Å². The summed E-state index contributed by atoms with van der Waals surface area (Å²) in [5.41, 5.74) is 1.45. The Balaban J connectivity index is 2.08. The molecule has 0 aliphatic carbocycles. The highest BCUT2D eigenvalue weighted by molar-refractivity contribution is 9.10. The number of nitro groups is 1. The second-order valence-corrected chi connectivity index (χ2v) is 6.77. The quantitative estimate of drug-likeness (QED) is 0.413. The molecule has 0 aliphatic heterocycles. The van der Waals surface area contributed by atoms with Crippen molar-refractivity contribution >= 4 is 44.6 Å². The summed E-state index contributed by atoms with van der Waals surface area (Å²) in [7, 11) is 0. The predicted octanol–water partition coefficient (Wildman–Crippen LogP) is 5.26. The van der Waals surface area contributed by atoms with Gasteiger partial charge in [-0.1, -0.05) is 15.9 Å². The number of carbonyl (C=O) groups is 1. The normalized spacial score (nSPS) is 10.4. The number of amides is 1. The molecule has 0 aliphatic rings. The molecule has 0 saturated carbocycles. The standard InChI is InChI=1S/C19H14BrFN4O3/c1-11(26)23-14-7-12(19-16(21)3-2-6-22-19)8-15(10-14)24-17-5-4-13(20)9-18(17)25(27)28/h2-10,24H,1H3,(H,23,26). The maximum atomic E-state index is 14.2. The van der Waals surface area contributed by atoms with Gasteiger partial charge in [0, 0.05) is 40.6 Å². The summed E-state index contributed by atoms with van der Waals surface area (Å²) in [5.74, 6) is -0.831. The zero-order chi connectivity index (χ0) is 20.3. The lowest BCUT2D eigenvalue weighted by molar-refractivity contribution is -0.384. The van der Waals surface area contributed by atoms with Gasteiger partial charge in [-0.3, -0.25) is 19.9 Å². The Hall–Kier alpha value is -3.33. The number of halogens is 2. The summed E-state index contributed by atoms with van der Waals surface area (Å²) >= 11 is 3.21. The van der Waals surface area contributed by atoms with Gasteiger partial charge in [0.1, 0.15) is 17.2 Å². The van der Waals surface area contributed by atoms with Crippen LogP contribution in [0.5, 0.6) is 0 Å². The Bertz CT molecular complexity index is 1070. The number of hydrogen-bond donors (Lipinski definition) is 2. The lowest BCUT2D eigenvalue weighted by atomic mass is 10.1. The van der Waals surface area contributed by atoms with Crippen LogP contribution in [0.2, 0.25) is 0 Å². The molecule has 1 heterocycles. The molecular weight excluding hydrogens is 431 g/mol. The van der Waals surface area contributed by atoms with E-state index in [1.54, 1.807) is 30.3 Å². The summed E-state index contributed by atoms with van der Waals surface area (Å²) in [6, 6.07) is 12.1. The molecule has 142 valence electrons. The number of anilines is 3. The van der Waals surface area contributed by atoms with E-state index >= 15 is 0 Å². The lowest BCUT2D eigenvalue weighted by Gasteiger charge is -2.13. The van der Waals surface area contributed by atoms with Crippen LogP contribution in [0.15, 0.2) is 59.2 Å². The number of carbonyl (C=O) groups excluding carboxylic acids is 1. The van der Waals surface area contributed by atoms with E-state index in [9.17, 15) is 19.3 Å². The first-order chi connectivity index (χ1) is 13.3. The van der Waals surface area contributed by atoms with E-state index in [2.05, 4.69) is 31.5 Å². The van der Waals surface area contributed by atoms with Crippen molar-refractivity contribution in [1.82, 2.24) is 4.98 Å². The molecule has 0 radical (unpaired) electrons.